The average molecular weight is 254 g/mol. The number of ketones is 2. The summed E-state index contributed by atoms with van der Waals surface area (Å²) in [5, 5.41) is 0. The molecular weight excluding hydrogens is 224 g/mol. The van der Waals surface area contributed by atoms with Crippen molar-refractivity contribution in [1.82, 2.24) is 0 Å². The predicted octanol–water partition coefficient (Wildman–Crippen LogP) is 4.56. The maximum atomic E-state index is 11.6. The minimum Gasteiger partial charge on any atom is -0.299 e. The van der Waals surface area contributed by atoms with Crippen molar-refractivity contribution in [3.8, 4) is 0 Å². The standard InChI is InChI=1S/C12H18O2.2C2H6/c1-9(13)11-3-6-12(7-4-11,8-5-11)10(2)14;2*1-2/h3-8H2,1-2H3;2*1-2H3. The lowest BCUT2D eigenvalue weighted by atomic mass is 9.51. The van der Waals surface area contributed by atoms with Crippen molar-refractivity contribution in [3.63, 3.8) is 0 Å². The molecule has 0 aromatic heterocycles. The minimum absolute atomic E-state index is 0.0444. The zero-order valence-electron chi connectivity index (χ0n) is 13.1. The molecule has 0 N–H and O–H groups in total. The Labute approximate surface area is 113 Å². The normalized spacial score (nSPS) is 32.6. The molecule has 0 amide bonds. The number of hydrogen-bond acceptors (Lipinski definition) is 2. The molecule has 0 heterocycles. The van der Waals surface area contributed by atoms with Crippen LogP contribution in [-0.2, 0) is 9.59 Å². The van der Waals surface area contributed by atoms with E-state index in [2.05, 4.69) is 0 Å². The summed E-state index contributed by atoms with van der Waals surface area (Å²) >= 11 is 0. The smallest absolute Gasteiger partial charge is 0.135 e. The zero-order valence-corrected chi connectivity index (χ0v) is 13.1. The van der Waals surface area contributed by atoms with Gasteiger partial charge in [0.2, 0.25) is 0 Å². The van der Waals surface area contributed by atoms with E-state index in [9.17, 15) is 9.59 Å². The van der Waals surface area contributed by atoms with Crippen LogP contribution < -0.4 is 0 Å². The summed E-state index contributed by atoms with van der Waals surface area (Å²) in [6.07, 6.45) is 5.68. The Morgan fingerprint density at radius 3 is 0.889 bits per heavy atom. The molecule has 0 unspecified atom stereocenters. The highest BCUT2D eigenvalue weighted by molar-refractivity contribution is 5.86. The summed E-state index contributed by atoms with van der Waals surface area (Å²) in [6.45, 7) is 11.4. The Balaban J connectivity index is 0.000000659. The van der Waals surface area contributed by atoms with Crippen LogP contribution >= 0.6 is 0 Å². The van der Waals surface area contributed by atoms with Gasteiger partial charge in [-0.2, -0.15) is 0 Å². The Morgan fingerprint density at radius 2 is 0.778 bits per heavy atom. The fourth-order valence-electron chi connectivity index (χ4n) is 3.24. The molecule has 0 atom stereocenters. The van der Waals surface area contributed by atoms with Crippen LogP contribution in [0.5, 0.6) is 0 Å². The van der Waals surface area contributed by atoms with Gasteiger partial charge in [0.15, 0.2) is 0 Å². The Bertz CT molecular complexity index is 237. The molecule has 3 aliphatic rings. The van der Waals surface area contributed by atoms with E-state index < -0.39 is 0 Å². The second-order valence-corrected chi connectivity index (χ2v) is 5.17. The first kappa shape index (κ1) is 17.3. The summed E-state index contributed by atoms with van der Waals surface area (Å²) in [5.41, 5.74) is -0.0889. The molecule has 2 nitrogen and oxygen atoms in total. The second-order valence-electron chi connectivity index (χ2n) is 5.17. The number of hydrogen-bond donors (Lipinski definition) is 0. The van der Waals surface area contributed by atoms with Gasteiger partial charge in [-0.25, -0.2) is 0 Å². The topological polar surface area (TPSA) is 34.1 Å². The van der Waals surface area contributed by atoms with Crippen molar-refractivity contribution < 1.29 is 9.59 Å². The average Bonchev–Trinajstić information content (AvgIpc) is 2.45. The Morgan fingerprint density at radius 1 is 0.611 bits per heavy atom. The quantitative estimate of drug-likeness (QED) is 0.724. The van der Waals surface area contributed by atoms with Gasteiger partial charge in [0.25, 0.3) is 0 Å². The molecule has 0 spiro atoms. The van der Waals surface area contributed by atoms with Crippen molar-refractivity contribution in [2.45, 2.75) is 80.1 Å². The molecule has 2 bridgehead atoms. The molecule has 0 aromatic rings. The molecule has 3 rings (SSSR count). The third-order valence-corrected chi connectivity index (χ3v) is 4.74. The van der Waals surface area contributed by atoms with Crippen LogP contribution in [0.4, 0.5) is 0 Å². The lowest BCUT2D eigenvalue weighted by molar-refractivity contribution is -0.145. The van der Waals surface area contributed by atoms with Crippen LogP contribution in [0.25, 0.3) is 0 Å². The van der Waals surface area contributed by atoms with E-state index in [1.54, 1.807) is 13.8 Å². The fourth-order valence-corrected chi connectivity index (χ4v) is 3.24. The van der Waals surface area contributed by atoms with Gasteiger partial charge in [-0.05, 0) is 52.4 Å². The summed E-state index contributed by atoms with van der Waals surface area (Å²) in [6, 6.07) is 0. The molecule has 0 aliphatic heterocycles. The van der Waals surface area contributed by atoms with Gasteiger partial charge in [-0.15, -0.1) is 0 Å². The number of fused-ring (bicyclic) bond motifs is 3. The molecule has 18 heavy (non-hydrogen) atoms. The molecule has 2 heteroatoms. The number of Topliss-reactive ketones (excluding diaryl/α,β-unsaturated/α-hetero) is 2. The molecule has 3 saturated carbocycles. The first-order valence-electron chi connectivity index (χ1n) is 7.53. The second kappa shape index (κ2) is 7.06. The van der Waals surface area contributed by atoms with E-state index in [0.29, 0.717) is 11.6 Å². The van der Waals surface area contributed by atoms with Crippen LogP contribution in [-0.4, -0.2) is 11.6 Å². The maximum absolute atomic E-state index is 11.6. The van der Waals surface area contributed by atoms with E-state index >= 15 is 0 Å². The maximum Gasteiger partial charge on any atom is 0.135 e. The van der Waals surface area contributed by atoms with Gasteiger partial charge in [-0.1, -0.05) is 27.7 Å². The SMILES string of the molecule is CC.CC.CC(=O)C12CCC(C(C)=O)(CC1)CC2. The molecular formula is C16H30O2. The molecule has 3 aliphatic carbocycles. The fraction of sp³-hybridized carbons (Fsp3) is 0.875. The monoisotopic (exact) mass is 254 g/mol. The van der Waals surface area contributed by atoms with Gasteiger partial charge < -0.3 is 0 Å². The molecule has 3 fully saturated rings. The van der Waals surface area contributed by atoms with E-state index in [1.807, 2.05) is 27.7 Å². The third-order valence-electron chi connectivity index (χ3n) is 4.74. The van der Waals surface area contributed by atoms with E-state index in [0.717, 1.165) is 38.5 Å². The van der Waals surface area contributed by atoms with Crippen molar-refractivity contribution in [1.29, 1.82) is 0 Å². The van der Waals surface area contributed by atoms with Crippen molar-refractivity contribution >= 4 is 11.6 Å². The summed E-state index contributed by atoms with van der Waals surface area (Å²) in [7, 11) is 0. The van der Waals surface area contributed by atoms with Crippen molar-refractivity contribution in [2.75, 3.05) is 0 Å². The number of carbonyl (C=O) groups is 2. The predicted molar refractivity (Wildman–Crippen MR) is 76.6 cm³/mol. The first-order valence-corrected chi connectivity index (χ1v) is 7.53. The molecule has 106 valence electrons. The number of rotatable bonds is 2. The Hall–Kier alpha value is -0.660. The van der Waals surface area contributed by atoms with Gasteiger partial charge in [0, 0.05) is 10.8 Å². The van der Waals surface area contributed by atoms with Crippen LogP contribution in [0.1, 0.15) is 80.1 Å². The molecule has 0 saturated heterocycles. The number of carbonyl (C=O) groups excluding carboxylic acids is 2. The highest BCUT2D eigenvalue weighted by Crippen LogP contribution is 2.57. The van der Waals surface area contributed by atoms with Crippen LogP contribution in [0.15, 0.2) is 0 Å². The Kier molecular flexibility index (Phi) is 6.80. The van der Waals surface area contributed by atoms with Crippen LogP contribution in [0, 0.1) is 10.8 Å². The lowest BCUT2D eigenvalue weighted by Gasteiger charge is -2.51. The molecule has 0 radical (unpaired) electrons. The van der Waals surface area contributed by atoms with Gasteiger partial charge in [0.05, 0.1) is 0 Å². The molecule has 0 aromatic carbocycles. The lowest BCUT2D eigenvalue weighted by Crippen LogP contribution is -2.47. The highest BCUT2D eigenvalue weighted by atomic mass is 16.1. The minimum atomic E-state index is -0.0444. The first-order chi connectivity index (χ1) is 8.51. The van der Waals surface area contributed by atoms with Gasteiger partial charge >= 0.3 is 0 Å². The van der Waals surface area contributed by atoms with Crippen LogP contribution in [0.3, 0.4) is 0 Å². The van der Waals surface area contributed by atoms with E-state index in [-0.39, 0.29) is 10.8 Å². The summed E-state index contributed by atoms with van der Waals surface area (Å²) in [5.74, 6) is 0.684. The van der Waals surface area contributed by atoms with Crippen molar-refractivity contribution in [3.05, 3.63) is 0 Å². The van der Waals surface area contributed by atoms with Gasteiger partial charge in [0.1, 0.15) is 11.6 Å². The third kappa shape index (κ3) is 3.02. The zero-order chi connectivity index (χ0) is 14.4. The van der Waals surface area contributed by atoms with Crippen LogP contribution in [0.2, 0.25) is 0 Å². The van der Waals surface area contributed by atoms with E-state index in [4.69, 9.17) is 0 Å². The van der Waals surface area contributed by atoms with E-state index in [1.165, 1.54) is 0 Å². The highest BCUT2D eigenvalue weighted by Gasteiger charge is 2.52. The summed E-state index contributed by atoms with van der Waals surface area (Å²) in [4.78, 5) is 23.1. The summed E-state index contributed by atoms with van der Waals surface area (Å²) < 4.78 is 0. The van der Waals surface area contributed by atoms with Crippen molar-refractivity contribution in [2.24, 2.45) is 10.8 Å². The largest absolute Gasteiger partial charge is 0.299 e. The van der Waals surface area contributed by atoms with Gasteiger partial charge in [-0.3, -0.25) is 9.59 Å².